The molecule has 0 aliphatic rings. The summed E-state index contributed by atoms with van der Waals surface area (Å²) in [6.45, 7) is 0. The molecule has 18 heavy (non-hydrogen) atoms. The lowest BCUT2D eigenvalue weighted by molar-refractivity contribution is 0.817. The lowest BCUT2D eigenvalue weighted by atomic mass is 10.3. The number of nitrogens with zero attached hydrogens (tertiary/aromatic N) is 6. The SMILES string of the molecule is Clc1ccc(-n2nccc2-c2cnccn2)nn1. The summed E-state index contributed by atoms with van der Waals surface area (Å²) in [7, 11) is 0. The second kappa shape index (κ2) is 4.50. The second-order valence-corrected chi connectivity index (χ2v) is 3.82. The van der Waals surface area contributed by atoms with Gasteiger partial charge in [-0.05, 0) is 18.2 Å². The third-order valence-electron chi connectivity index (χ3n) is 2.30. The van der Waals surface area contributed by atoms with Crippen LogP contribution in [0.3, 0.4) is 0 Å². The van der Waals surface area contributed by atoms with Crippen LogP contribution in [0.4, 0.5) is 0 Å². The average molecular weight is 259 g/mol. The summed E-state index contributed by atoms with van der Waals surface area (Å²) in [5, 5.41) is 12.3. The van der Waals surface area contributed by atoms with E-state index in [0.717, 1.165) is 5.69 Å². The van der Waals surface area contributed by atoms with Gasteiger partial charge in [-0.3, -0.25) is 9.97 Å². The fourth-order valence-electron chi connectivity index (χ4n) is 1.53. The number of hydrogen-bond donors (Lipinski definition) is 0. The molecule has 0 N–H and O–H groups in total. The van der Waals surface area contributed by atoms with Gasteiger partial charge in [-0.2, -0.15) is 5.10 Å². The van der Waals surface area contributed by atoms with Crippen LogP contribution < -0.4 is 0 Å². The molecule has 3 rings (SSSR count). The van der Waals surface area contributed by atoms with Gasteiger partial charge in [0.2, 0.25) is 0 Å². The van der Waals surface area contributed by atoms with E-state index in [1.807, 2.05) is 6.07 Å². The Morgan fingerprint density at radius 1 is 1.00 bits per heavy atom. The van der Waals surface area contributed by atoms with Crippen LogP contribution in [0.1, 0.15) is 0 Å². The number of hydrogen-bond acceptors (Lipinski definition) is 5. The molecule has 6 nitrogen and oxygen atoms in total. The standard InChI is InChI=1S/C11H7ClN6/c12-10-1-2-11(17-16-10)18-9(3-4-15-18)8-7-13-5-6-14-8/h1-7H. The lowest BCUT2D eigenvalue weighted by Crippen LogP contribution is -2.03. The van der Waals surface area contributed by atoms with Crippen molar-refractivity contribution in [2.24, 2.45) is 0 Å². The predicted octanol–water partition coefficient (Wildman–Crippen LogP) is 1.77. The molecule has 0 saturated carbocycles. The van der Waals surface area contributed by atoms with Gasteiger partial charge in [0.25, 0.3) is 0 Å². The van der Waals surface area contributed by atoms with E-state index in [1.165, 1.54) is 0 Å². The maximum absolute atomic E-state index is 5.70. The third kappa shape index (κ3) is 1.93. The summed E-state index contributed by atoms with van der Waals surface area (Å²) in [5.74, 6) is 0.574. The smallest absolute Gasteiger partial charge is 0.176 e. The first kappa shape index (κ1) is 10.8. The van der Waals surface area contributed by atoms with Crippen molar-refractivity contribution >= 4 is 11.6 Å². The molecule has 88 valence electrons. The summed E-state index contributed by atoms with van der Waals surface area (Å²) in [4.78, 5) is 8.26. The molecule has 0 aliphatic carbocycles. The maximum atomic E-state index is 5.70. The number of aromatic nitrogens is 6. The van der Waals surface area contributed by atoms with Gasteiger partial charge in [0.1, 0.15) is 5.69 Å². The highest BCUT2D eigenvalue weighted by Crippen LogP contribution is 2.18. The Hall–Kier alpha value is -2.34. The zero-order chi connectivity index (χ0) is 12.4. The second-order valence-electron chi connectivity index (χ2n) is 3.43. The molecule has 3 aromatic heterocycles. The van der Waals surface area contributed by atoms with Gasteiger partial charge in [-0.25, -0.2) is 4.68 Å². The normalized spacial score (nSPS) is 10.5. The highest BCUT2D eigenvalue weighted by molar-refractivity contribution is 6.29. The first-order valence-corrected chi connectivity index (χ1v) is 5.52. The monoisotopic (exact) mass is 258 g/mol. The fraction of sp³-hybridized carbons (Fsp3) is 0. The molecule has 0 amide bonds. The van der Waals surface area contributed by atoms with E-state index in [9.17, 15) is 0 Å². The van der Waals surface area contributed by atoms with Gasteiger partial charge in [0.15, 0.2) is 11.0 Å². The molecule has 7 heteroatoms. The molecule has 0 spiro atoms. The number of rotatable bonds is 2. The van der Waals surface area contributed by atoms with Crippen LogP contribution in [-0.2, 0) is 0 Å². The van der Waals surface area contributed by atoms with E-state index in [0.29, 0.717) is 16.7 Å². The van der Waals surface area contributed by atoms with Gasteiger partial charge in [-0.1, -0.05) is 11.6 Å². The Labute approximate surface area is 107 Å². The van der Waals surface area contributed by atoms with Crippen molar-refractivity contribution in [2.75, 3.05) is 0 Å². The predicted molar refractivity (Wildman–Crippen MR) is 65.2 cm³/mol. The van der Waals surface area contributed by atoms with Crippen LogP contribution in [-0.4, -0.2) is 29.9 Å². The first-order valence-electron chi connectivity index (χ1n) is 5.14. The maximum Gasteiger partial charge on any atom is 0.176 e. The molecule has 0 aliphatic heterocycles. The Balaban J connectivity index is 2.10. The van der Waals surface area contributed by atoms with E-state index in [2.05, 4.69) is 25.3 Å². The van der Waals surface area contributed by atoms with E-state index in [-0.39, 0.29) is 0 Å². The highest BCUT2D eigenvalue weighted by atomic mass is 35.5. The molecule has 3 aromatic rings. The fourth-order valence-corrected chi connectivity index (χ4v) is 1.63. The van der Waals surface area contributed by atoms with Gasteiger partial charge < -0.3 is 0 Å². The Kier molecular flexibility index (Phi) is 2.70. The zero-order valence-corrected chi connectivity index (χ0v) is 9.86. The third-order valence-corrected chi connectivity index (χ3v) is 2.50. The molecular formula is C11H7ClN6. The quantitative estimate of drug-likeness (QED) is 0.701. The molecule has 0 unspecified atom stereocenters. The zero-order valence-electron chi connectivity index (χ0n) is 9.10. The first-order chi connectivity index (χ1) is 8.84. The van der Waals surface area contributed by atoms with Crippen molar-refractivity contribution in [2.45, 2.75) is 0 Å². The minimum absolute atomic E-state index is 0.340. The van der Waals surface area contributed by atoms with Crippen molar-refractivity contribution in [1.82, 2.24) is 29.9 Å². The highest BCUT2D eigenvalue weighted by Gasteiger charge is 2.09. The summed E-state index contributed by atoms with van der Waals surface area (Å²) < 4.78 is 1.63. The van der Waals surface area contributed by atoms with Crippen molar-refractivity contribution in [3.63, 3.8) is 0 Å². The van der Waals surface area contributed by atoms with Gasteiger partial charge >= 0.3 is 0 Å². The summed E-state index contributed by atoms with van der Waals surface area (Å²) in [5.41, 5.74) is 1.51. The van der Waals surface area contributed by atoms with Crippen LogP contribution in [0.15, 0.2) is 43.0 Å². The molecule has 0 fully saturated rings. The largest absolute Gasteiger partial charge is 0.261 e. The van der Waals surface area contributed by atoms with Crippen LogP contribution >= 0.6 is 11.6 Å². The van der Waals surface area contributed by atoms with E-state index in [1.54, 1.807) is 41.6 Å². The van der Waals surface area contributed by atoms with Crippen LogP contribution in [0.5, 0.6) is 0 Å². The van der Waals surface area contributed by atoms with E-state index >= 15 is 0 Å². The molecule has 3 heterocycles. The van der Waals surface area contributed by atoms with Crippen molar-refractivity contribution in [3.8, 4) is 17.2 Å². The summed E-state index contributed by atoms with van der Waals surface area (Å²) in [6, 6.07) is 5.23. The molecular weight excluding hydrogens is 252 g/mol. The van der Waals surface area contributed by atoms with E-state index in [4.69, 9.17) is 11.6 Å². The van der Waals surface area contributed by atoms with Gasteiger partial charge in [0, 0.05) is 12.4 Å². The van der Waals surface area contributed by atoms with Gasteiger partial charge in [-0.15, -0.1) is 10.2 Å². The molecule has 0 aromatic carbocycles. The van der Waals surface area contributed by atoms with Crippen molar-refractivity contribution < 1.29 is 0 Å². The van der Waals surface area contributed by atoms with Crippen LogP contribution in [0, 0.1) is 0 Å². The Morgan fingerprint density at radius 3 is 2.67 bits per heavy atom. The summed E-state index contributed by atoms with van der Waals surface area (Å²) >= 11 is 5.70. The Morgan fingerprint density at radius 2 is 1.94 bits per heavy atom. The average Bonchev–Trinajstić information content (AvgIpc) is 2.90. The van der Waals surface area contributed by atoms with E-state index < -0.39 is 0 Å². The summed E-state index contributed by atoms with van der Waals surface area (Å²) in [6.07, 6.45) is 6.57. The molecule has 0 radical (unpaired) electrons. The number of halogens is 1. The lowest BCUT2D eigenvalue weighted by Gasteiger charge is -2.04. The molecule has 0 saturated heterocycles. The Bertz CT molecular complexity index is 649. The topological polar surface area (TPSA) is 69.4 Å². The molecule has 0 atom stereocenters. The minimum atomic E-state index is 0.340. The van der Waals surface area contributed by atoms with Crippen LogP contribution in [0.2, 0.25) is 5.15 Å². The van der Waals surface area contributed by atoms with Gasteiger partial charge in [0.05, 0.1) is 18.1 Å². The van der Waals surface area contributed by atoms with Crippen molar-refractivity contribution in [3.05, 3.63) is 48.1 Å². The molecule has 0 bridgehead atoms. The minimum Gasteiger partial charge on any atom is -0.261 e. The van der Waals surface area contributed by atoms with Crippen molar-refractivity contribution in [1.29, 1.82) is 0 Å². The van der Waals surface area contributed by atoms with Crippen LogP contribution in [0.25, 0.3) is 17.2 Å².